The summed E-state index contributed by atoms with van der Waals surface area (Å²) in [7, 11) is 0. The van der Waals surface area contributed by atoms with E-state index in [2.05, 4.69) is 22.0 Å². The molecular formula is C9H13BrF2. The molecule has 0 spiro atoms. The van der Waals surface area contributed by atoms with Crippen molar-refractivity contribution in [3.63, 3.8) is 0 Å². The second-order valence-corrected chi connectivity index (χ2v) is 4.00. The van der Waals surface area contributed by atoms with Crippen LogP contribution in [-0.4, -0.2) is 11.8 Å². The molecule has 0 amide bonds. The average molecular weight is 239 g/mol. The minimum atomic E-state index is -2.17. The van der Waals surface area contributed by atoms with Gasteiger partial charge in [0.2, 0.25) is 6.43 Å². The highest BCUT2D eigenvalue weighted by Gasteiger charge is 2.32. The van der Waals surface area contributed by atoms with Crippen molar-refractivity contribution in [1.82, 2.24) is 0 Å². The Kier molecular flexibility index (Phi) is 3.69. The summed E-state index contributed by atoms with van der Waals surface area (Å²) in [6.45, 7) is 0. The van der Waals surface area contributed by atoms with Gasteiger partial charge in [-0.3, -0.25) is 0 Å². The molecule has 0 aromatic heterocycles. The van der Waals surface area contributed by atoms with E-state index in [1.165, 1.54) is 0 Å². The van der Waals surface area contributed by atoms with Crippen molar-refractivity contribution in [2.24, 2.45) is 5.41 Å². The molecule has 0 aromatic carbocycles. The average Bonchev–Trinajstić information content (AvgIpc) is 2.05. The van der Waals surface area contributed by atoms with Crippen molar-refractivity contribution >= 4 is 15.9 Å². The lowest BCUT2D eigenvalue weighted by Gasteiger charge is -2.32. The zero-order valence-electron chi connectivity index (χ0n) is 6.90. The molecule has 0 nitrogen and oxygen atoms in total. The minimum Gasteiger partial charge on any atom is -0.211 e. The van der Waals surface area contributed by atoms with Gasteiger partial charge in [-0.25, -0.2) is 8.78 Å². The zero-order chi connectivity index (χ0) is 9.03. The Morgan fingerprint density at radius 1 is 1.42 bits per heavy atom. The Hall–Kier alpha value is 0.0800. The van der Waals surface area contributed by atoms with Gasteiger partial charge in [0.25, 0.3) is 0 Å². The number of allylic oxidation sites excluding steroid dienone is 2. The van der Waals surface area contributed by atoms with Crippen molar-refractivity contribution in [3.8, 4) is 0 Å². The third kappa shape index (κ3) is 2.54. The van der Waals surface area contributed by atoms with Crippen LogP contribution >= 0.6 is 15.9 Å². The van der Waals surface area contributed by atoms with Gasteiger partial charge in [-0.15, -0.1) is 0 Å². The Labute approximate surface area is 80.2 Å². The van der Waals surface area contributed by atoms with Crippen molar-refractivity contribution in [3.05, 3.63) is 12.2 Å². The molecule has 0 saturated carbocycles. The topological polar surface area (TPSA) is 0 Å². The molecule has 0 radical (unpaired) electrons. The first-order valence-corrected chi connectivity index (χ1v) is 5.30. The van der Waals surface area contributed by atoms with E-state index in [4.69, 9.17) is 0 Å². The molecule has 0 bridgehead atoms. The predicted octanol–water partition coefficient (Wildman–Crippen LogP) is 3.76. The molecule has 12 heavy (non-hydrogen) atoms. The summed E-state index contributed by atoms with van der Waals surface area (Å²) < 4.78 is 24.4. The first-order chi connectivity index (χ1) is 5.68. The van der Waals surface area contributed by atoms with Gasteiger partial charge in [0, 0.05) is 11.8 Å². The van der Waals surface area contributed by atoms with Gasteiger partial charge in [0.05, 0.1) is 0 Å². The van der Waals surface area contributed by atoms with E-state index in [-0.39, 0.29) is 11.8 Å². The van der Waals surface area contributed by atoms with Crippen molar-refractivity contribution < 1.29 is 8.78 Å². The number of hydrogen-bond acceptors (Lipinski definition) is 0. The van der Waals surface area contributed by atoms with E-state index in [0.29, 0.717) is 5.33 Å². The molecule has 1 aliphatic carbocycles. The van der Waals surface area contributed by atoms with Gasteiger partial charge in [0.15, 0.2) is 0 Å². The number of rotatable bonds is 3. The summed E-state index contributed by atoms with van der Waals surface area (Å²) >= 11 is 3.33. The van der Waals surface area contributed by atoms with Gasteiger partial charge < -0.3 is 0 Å². The van der Waals surface area contributed by atoms with Gasteiger partial charge in [0.1, 0.15) is 0 Å². The van der Waals surface area contributed by atoms with Crippen LogP contribution in [0.3, 0.4) is 0 Å². The first-order valence-electron chi connectivity index (χ1n) is 4.18. The smallest absolute Gasteiger partial charge is 0.211 e. The maximum absolute atomic E-state index is 12.2. The molecule has 1 unspecified atom stereocenters. The maximum atomic E-state index is 12.2. The Morgan fingerprint density at radius 2 is 2.17 bits per heavy atom. The van der Waals surface area contributed by atoms with E-state index < -0.39 is 6.43 Å². The van der Waals surface area contributed by atoms with Crippen LogP contribution in [0.4, 0.5) is 8.78 Å². The molecular weight excluding hydrogens is 226 g/mol. The third-order valence-electron chi connectivity index (χ3n) is 2.43. The molecule has 0 fully saturated rings. The largest absolute Gasteiger partial charge is 0.239 e. The predicted molar refractivity (Wildman–Crippen MR) is 49.8 cm³/mol. The monoisotopic (exact) mass is 238 g/mol. The fraction of sp³-hybridized carbons (Fsp3) is 0.778. The van der Waals surface area contributed by atoms with Crippen LogP contribution in [0.5, 0.6) is 0 Å². The van der Waals surface area contributed by atoms with Gasteiger partial charge >= 0.3 is 0 Å². The lowest BCUT2D eigenvalue weighted by atomic mass is 9.76. The van der Waals surface area contributed by atoms with Crippen LogP contribution in [0.25, 0.3) is 0 Å². The van der Waals surface area contributed by atoms with Gasteiger partial charge in [-0.1, -0.05) is 28.1 Å². The van der Waals surface area contributed by atoms with Crippen LogP contribution < -0.4 is 0 Å². The SMILES string of the molecule is FC(F)CC1(CBr)CC=CCC1. The van der Waals surface area contributed by atoms with E-state index >= 15 is 0 Å². The molecule has 0 saturated heterocycles. The maximum Gasteiger partial charge on any atom is 0.239 e. The molecule has 0 heterocycles. The van der Waals surface area contributed by atoms with E-state index in [1.807, 2.05) is 6.08 Å². The normalized spacial score (nSPS) is 29.7. The fourth-order valence-corrected chi connectivity index (χ4v) is 2.37. The zero-order valence-corrected chi connectivity index (χ0v) is 8.49. The Morgan fingerprint density at radius 3 is 2.58 bits per heavy atom. The van der Waals surface area contributed by atoms with Crippen molar-refractivity contribution in [2.45, 2.75) is 32.1 Å². The lowest BCUT2D eigenvalue weighted by molar-refractivity contribution is 0.0777. The summed E-state index contributed by atoms with van der Waals surface area (Å²) in [5, 5.41) is 0.689. The van der Waals surface area contributed by atoms with Crippen LogP contribution in [0.1, 0.15) is 25.7 Å². The fourth-order valence-electron chi connectivity index (χ4n) is 1.63. The first kappa shape index (κ1) is 10.2. The van der Waals surface area contributed by atoms with Crippen LogP contribution in [-0.2, 0) is 0 Å². The van der Waals surface area contributed by atoms with Gasteiger partial charge in [-0.05, 0) is 24.7 Å². The quantitative estimate of drug-likeness (QED) is 0.519. The molecule has 0 aromatic rings. The van der Waals surface area contributed by atoms with E-state index in [9.17, 15) is 8.78 Å². The summed E-state index contributed by atoms with van der Waals surface area (Å²) in [6.07, 6.45) is 4.58. The number of halogens is 3. The number of hydrogen-bond donors (Lipinski definition) is 0. The van der Waals surface area contributed by atoms with E-state index in [0.717, 1.165) is 19.3 Å². The molecule has 70 valence electrons. The standard InChI is InChI=1S/C9H13BrF2/c10-7-9(6-8(11)12)4-2-1-3-5-9/h1-2,8H,3-7H2. The summed E-state index contributed by atoms with van der Waals surface area (Å²) in [4.78, 5) is 0. The third-order valence-corrected chi connectivity index (χ3v) is 3.62. The molecule has 1 atom stereocenters. The minimum absolute atomic E-state index is 0.0303. The molecule has 1 rings (SSSR count). The summed E-state index contributed by atoms with van der Waals surface area (Å²) in [6, 6.07) is 0. The van der Waals surface area contributed by atoms with Crippen molar-refractivity contribution in [1.29, 1.82) is 0 Å². The second kappa shape index (κ2) is 4.35. The number of alkyl halides is 3. The van der Waals surface area contributed by atoms with Crippen molar-refractivity contribution in [2.75, 3.05) is 5.33 Å². The van der Waals surface area contributed by atoms with Crippen LogP contribution in [0.2, 0.25) is 0 Å². The summed E-state index contributed by atoms with van der Waals surface area (Å²) in [5.41, 5.74) is -0.178. The lowest BCUT2D eigenvalue weighted by Crippen LogP contribution is -2.26. The molecule has 1 aliphatic rings. The molecule has 0 N–H and O–H groups in total. The highest BCUT2D eigenvalue weighted by atomic mass is 79.9. The summed E-state index contributed by atoms with van der Waals surface area (Å²) in [5.74, 6) is 0. The Balaban J connectivity index is 2.55. The van der Waals surface area contributed by atoms with E-state index in [1.54, 1.807) is 0 Å². The molecule has 0 aliphatic heterocycles. The van der Waals surface area contributed by atoms with Crippen LogP contribution in [0, 0.1) is 5.41 Å². The molecule has 3 heteroatoms. The van der Waals surface area contributed by atoms with Crippen LogP contribution in [0.15, 0.2) is 12.2 Å². The van der Waals surface area contributed by atoms with Gasteiger partial charge in [-0.2, -0.15) is 0 Å². The second-order valence-electron chi connectivity index (χ2n) is 3.44. The highest BCUT2D eigenvalue weighted by molar-refractivity contribution is 9.09. The Bertz CT molecular complexity index is 168. The highest BCUT2D eigenvalue weighted by Crippen LogP contribution is 2.39.